The number of morpholine rings is 1. The first kappa shape index (κ1) is 11.0. The van der Waals surface area contributed by atoms with E-state index in [1.807, 2.05) is 0 Å². The monoisotopic (exact) mass is 186 g/mol. The molecule has 78 valence electrons. The highest BCUT2D eigenvalue weighted by atomic mass is 16.5. The van der Waals surface area contributed by atoms with Crippen LogP contribution in [0.4, 0.5) is 0 Å². The third kappa shape index (κ3) is 3.63. The normalized spacial score (nSPS) is 25.8. The van der Waals surface area contributed by atoms with Crippen molar-refractivity contribution in [2.45, 2.75) is 26.0 Å². The Labute approximate surface area is 81.7 Å². The predicted octanol–water partition coefficient (Wildman–Crippen LogP) is 0.657. The van der Waals surface area contributed by atoms with E-state index in [9.17, 15) is 0 Å². The lowest BCUT2D eigenvalue weighted by Crippen LogP contribution is -2.48. The molecule has 13 heavy (non-hydrogen) atoms. The molecule has 1 atom stereocenters. The molecule has 0 aromatic carbocycles. The Morgan fingerprint density at radius 1 is 1.46 bits per heavy atom. The Bertz CT molecular complexity index is 148. The standard InChI is InChI=1S/C10H22N2O/c1-9(2)12-5-6-13-10(8-12)7-11(3)4/h9-10H,5-8H2,1-4H3. The van der Waals surface area contributed by atoms with E-state index < -0.39 is 0 Å². The van der Waals surface area contributed by atoms with Crippen molar-refractivity contribution in [2.24, 2.45) is 0 Å². The summed E-state index contributed by atoms with van der Waals surface area (Å²) in [6.45, 7) is 8.58. The summed E-state index contributed by atoms with van der Waals surface area (Å²) in [6.07, 6.45) is 0.395. The third-order valence-corrected chi connectivity index (χ3v) is 2.47. The largest absolute Gasteiger partial charge is 0.374 e. The van der Waals surface area contributed by atoms with Gasteiger partial charge in [-0.2, -0.15) is 0 Å². The molecule has 3 heteroatoms. The summed E-state index contributed by atoms with van der Waals surface area (Å²) in [7, 11) is 4.19. The third-order valence-electron chi connectivity index (χ3n) is 2.47. The summed E-state index contributed by atoms with van der Waals surface area (Å²) in [5, 5.41) is 0. The van der Waals surface area contributed by atoms with Crippen LogP contribution >= 0.6 is 0 Å². The highest BCUT2D eigenvalue weighted by Crippen LogP contribution is 2.08. The minimum Gasteiger partial charge on any atom is -0.374 e. The highest BCUT2D eigenvalue weighted by molar-refractivity contribution is 4.75. The van der Waals surface area contributed by atoms with Crippen LogP contribution in [-0.4, -0.2) is 62.3 Å². The van der Waals surface area contributed by atoms with Crippen molar-refractivity contribution in [2.75, 3.05) is 40.3 Å². The number of likely N-dealkylation sites (N-methyl/N-ethyl adjacent to an activating group) is 1. The maximum absolute atomic E-state index is 5.69. The van der Waals surface area contributed by atoms with Crippen molar-refractivity contribution in [3.63, 3.8) is 0 Å². The van der Waals surface area contributed by atoms with Gasteiger partial charge in [-0.05, 0) is 27.9 Å². The van der Waals surface area contributed by atoms with Gasteiger partial charge in [0.25, 0.3) is 0 Å². The Morgan fingerprint density at radius 3 is 2.69 bits per heavy atom. The van der Waals surface area contributed by atoms with Crippen LogP contribution in [0.2, 0.25) is 0 Å². The van der Waals surface area contributed by atoms with Crippen molar-refractivity contribution in [1.82, 2.24) is 9.80 Å². The SMILES string of the molecule is CC(C)N1CCOC(CN(C)C)C1. The van der Waals surface area contributed by atoms with Gasteiger partial charge in [0.1, 0.15) is 0 Å². The lowest BCUT2D eigenvalue weighted by Gasteiger charge is -2.36. The molecule has 1 rings (SSSR count). The maximum atomic E-state index is 5.69. The van der Waals surface area contributed by atoms with Gasteiger partial charge < -0.3 is 9.64 Å². The van der Waals surface area contributed by atoms with Gasteiger partial charge in [0.15, 0.2) is 0 Å². The second-order valence-corrected chi connectivity index (χ2v) is 4.34. The fourth-order valence-corrected chi connectivity index (χ4v) is 1.73. The summed E-state index contributed by atoms with van der Waals surface area (Å²) in [6, 6.07) is 0.647. The summed E-state index contributed by atoms with van der Waals surface area (Å²) >= 11 is 0. The summed E-state index contributed by atoms with van der Waals surface area (Å²) in [5.74, 6) is 0. The van der Waals surface area contributed by atoms with Crippen LogP contribution in [0.5, 0.6) is 0 Å². The molecule has 0 N–H and O–H groups in total. The zero-order chi connectivity index (χ0) is 9.84. The molecule has 0 spiro atoms. The first-order valence-corrected chi connectivity index (χ1v) is 5.10. The minimum atomic E-state index is 0.395. The van der Waals surface area contributed by atoms with Crippen LogP contribution < -0.4 is 0 Å². The lowest BCUT2D eigenvalue weighted by molar-refractivity contribution is -0.0472. The first-order valence-electron chi connectivity index (χ1n) is 5.10. The molecule has 1 fully saturated rings. The molecule has 0 radical (unpaired) electrons. The zero-order valence-corrected chi connectivity index (χ0v) is 9.29. The minimum absolute atomic E-state index is 0.395. The van der Waals surface area contributed by atoms with E-state index in [1.54, 1.807) is 0 Å². The van der Waals surface area contributed by atoms with E-state index in [0.717, 1.165) is 26.2 Å². The van der Waals surface area contributed by atoms with Crippen molar-refractivity contribution >= 4 is 0 Å². The lowest BCUT2D eigenvalue weighted by atomic mass is 10.2. The predicted molar refractivity (Wildman–Crippen MR) is 55.0 cm³/mol. The average molecular weight is 186 g/mol. The number of rotatable bonds is 3. The second-order valence-electron chi connectivity index (χ2n) is 4.34. The van der Waals surface area contributed by atoms with Gasteiger partial charge in [-0.3, -0.25) is 4.90 Å². The van der Waals surface area contributed by atoms with Crippen LogP contribution in [0.3, 0.4) is 0 Å². The number of hydrogen-bond acceptors (Lipinski definition) is 3. The first-order chi connectivity index (χ1) is 6.09. The molecule has 0 aromatic rings. The fourth-order valence-electron chi connectivity index (χ4n) is 1.73. The van der Waals surface area contributed by atoms with E-state index in [4.69, 9.17) is 4.74 Å². The van der Waals surface area contributed by atoms with E-state index in [1.165, 1.54) is 0 Å². The Balaban J connectivity index is 2.33. The van der Waals surface area contributed by atoms with Crippen LogP contribution in [0.15, 0.2) is 0 Å². The van der Waals surface area contributed by atoms with Crippen LogP contribution in [-0.2, 0) is 4.74 Å². The number of ether oxygens (including phenoxy) is 1. The Hall–Kier alpha value is -0.120. The van der Waals surface area contributed by atoms with E-state index in [2.05, 4.69) is 37.7 Å². The summed E-state index contributed by atoms with van der Waals surface area (Å²) in [4.78, 5) is 4.67. The highest BCUT2D eigenvalue weighted by Gasteiger charge is 2.22. The molecule has 0 saturated carbocycles. The van der Waals surface area contributed by atoms with E-state index >= 15 is 0 Å². The molecule has 0 amide bonds. The molecule has 1 unspecified atom stereocenters. The Kier molecular flexibility index (Phi) is 4.16. The van der Waals surface area contributed by atoms with Gasteiger partial charge in [0, 0.05) is 25.7 Å². The van der Waals surface area contributed by atoms with Gasteiger partial charge in [-0.15, -0.1) is 0 Å². The van der Waals surface area contributed by atoms with Gasteiger partial charge in [0.05, 0.1) is 12.7 Å². The molecule has 1 heterocycles. The van der Waals surface area contributed by atoms with Crippen molar-refractivity contribution in [3.05, 3.63) is 0 Å². The fraction of sp³-hybridized carbons (Fsp3) is 1.00. The molecule has 0 aromatic heterocycles. The zero-order valence-electron chi connectivity index (χ0n) is 9.29. The van der Waals surface area contributed by atoms with E-state index in [-0.39, 0.29) is 0 Å². The number of hydrogen-bond donors (Lipinski definition) is 0. The second kappa shape index (κ2) is 4.94. The summed E-state index contributed by atoms with van der Waals surface area (Å²) < 4.78 is 5.69. The smallest absolute Gasteiger partial charge is 0.0829 e. The molecule has 0 bridgehead atoms. The molecular weight excluding hydrogens is 164 g/mol. The van der Waals surface area contributed by atoms with Gasteiger partial charge >= 0.3 is 0 Å². The van der Waals surface area contributed by atoms with Gasteiger partial charge in [-0.1, -0.05) is 0 Å². The quantitative estimate of drug-likeness (QED) is 0.644. The van der Waals surface area contributed by atoms with E-state index in [0.29, 0.717) is 12.1 Å². The molecule has 1 aliphatic heterocycles. The van der Waals surface area contributed by atoms with Crippen molar-refractivity contribution in [3.8, 4) is 0 Å². The molecule has 1 aliphatic rings. The van der Waals surface area contributed by atoms with Crippen LogP contribution in [0, 0.1) is 0 Å². The van der Waals surface area contributed by atoms with Gasteiger partial charge in [0.2, 0.25) is 0 Å². The molecular formula is C10H22N2O. The van der Waals surface area contributed by atoms with Crippen LogP contribution in [0.25, 0.3) is 0 Å². The van der Waals surface area contributed by atoms with Crippen LogP contribution in [0.1, 0.15) is 13.8 Å². The maximum Gasteiger partial charge on any atom is 0.0829 e. The summed E-state index contributed by atoms with van der Waals surface area (Å²) in [5.41, 5.74) is 0. The van der Waals surface area contributed by atoms with Crippen molar-refractivity contribution < 1.29 is 4.74 Å². The number of nitrogens with zero attached hydrogens (tertiary/aromatic N) is 2. The molecule has 0 aliphatic carbocycles. The molecule has 3 nitrogen and oxygen atoms in total. The van der Waals surface area contributed by atoms with Gasteiger partial charge in [-0.25, -0.2) is 0 Å². The molecule has 1 saturated heterocycles. The van der Waals surface area contributed by atoms with Crippen molar-refractivity contribution in [1.29, 1.82) is 0 Å². The topological polar surface area (TPSA) is 15.7 Å². The Morgan fingerprint density at radius 2 is 2.15 bits per heavy atom. The average Bonchev–Trinajstić information content (AvgIpc) is 2.03.